The highest BCUT2D eigenvalue weighted by Gasteiger charge is 2.31. The summed E-state index contributed by atoms with van der Waals surface area (Å²) in [6.07, 6.45) is 3.82. The molecule has 2 aromatic heterocycles. The average molecular weight is 351 g/mol. The van der Waals surface area contributed by atoms with Crippen molar-refractivity contribution in [2.45, 2.75) is 33.4 Å². The van der Waals surface area contributed by atoms with Crippen LogP contribution in [0.25, 0.3) is 0 Å². The van der Waals surface area contributed by atoms with E-state index < -0.39 is 10.0 Å². The first-order chi connectivity index (χ1) is 11.5. The van der Waals surface area contributed by atoms with E-state index in [1.807, 2.05) is 13.8 Å². The number of hydrogen-bond acceptors (Lipinski definition) is 6. The molecule has 0 N–H and O–H groups in total. The topological polar surface area (TPSA) is 85.5 Å². The van der Waals surface area contributed by atoms with E-state index in [-0.39, 0.29) is 18.3 Å². The molecule has 0 spiro atoms. The lowest BCUT2D eigenvalue weighted by Gasteiger charge is -2.26. The van der Waals surface area contributed by atoms with E-state index >= 15 is 0 Å². The van der Waals surface area contributed by atoms with Gasteiger partial charge in [0.15, 0.2) is 0 Å². The van der Waals surface area contributed by atoms with Crippen LogP contribution in [0.3, 0.4) is 0 Å². The maximum atomic E-state index is 12.5. The molecule has 7 nitrogen and oxygen atoms in total. The summed E-state index contributed by atoms with van der Waals surface area (Å²) in [4.78, 5) is 3.99. The van der Waals surface area contributed by atoms with Gasteiger partial charge in [0.05, 0.1) is 11.9 Å². The van der Waals surface area contributed by atoms with E-state index in [1.165, 1.54) is 4.31 Å². The molecular weight excluding hydrogens is 330 g/mol. The Morgan fingerprint density at radius 2 is 2.25 bits per heavy atom. The molecule has 0 fully saturated rings. The van der Waals surface area contributed by atoms with Crippen LogP contribution in [0.1, 0.15) is 30.9 Å². The average Bonchev–Trinajstić information content (AvgIpc) is 2.95. The highest BCUT2D eigenvalue weighted by atomic mass is 32.2. The van der Waals surface area contributed by atoms with E-state index in [4.69, 9.17) is 9.26 Å². The maximum Gasteiger partial charge on any atom is 0.214 e. The van der Waals surface area contributed by atoms with Crippen LogP contribution in [0.4, 0.5) is 0 Å². The smallest absolute Gasteiger partial charge is 0.214 e. The van der Waals surface area contributed by atoms with Gasteiger partial charge in [0.2, 0.25) is 10.0 Å². The third-order valence-corrected chi connectivity index (χ3v) is 6.01. The lowest BCUT2D eigenvalue weighted by atomic mass is 10.1. The van der Waals surface area contributed by atoms with Gasteiger partial charge in [-0.25, -0.2) is 8.42 Å². The molecule has 24 heavy (non-hydrogen) atoms. The summed E-state index contributed by atoms with van der Waals surface area (Å²) in [6.45, 7) is 4.75. The minimum Gasteiger partial charge on any atom is -0.486 e. The van der Waals surface area contributed by atoms with Gasteiger partial charge in [-0.05, 0) is 18.1 Å². The molecule has 0 aliphatic carbocycles. The Kier molecular flexibility index (Phi) is 4.86. The standard InChI is InChI=1S/C16H21N3O4S/c1-12(2)11-24(20,21)19-7-5-16-14(9-19)15(18-23-16)10-22-13-4-3-6-17-8-13/h3-4,6,8,12H,5,7,9-11H2,1-2H3. The van der Waals surface area contributed by atoms with Gasteiger partial charge in [-0.2, -0.15) is 4.31 Å². The normalized spacial score (nSPS) is 15.5. The van der Waals surface area contributed by atoms with Crippen molar-refractivity contribution in [3.63, 3.8) is 0 Å². The van der Waals surface area contributed by atoms with Crippen molar-refractivity contribution in [1.29, 1.82) is 0 Å². The first kappa shape index (κ1) is 16.9. The van der Waals surface area contributed by atoms with Crippen LogP contribution in [0.5, 0.6) is 5.75 Å². The Morgan fingerprint density at radius 1 is 1.42 bits per heavy atom. The van der Waals surface area contributed by atoms with E-state index in [1.54, 1.807) is 24.5 Å². The van der Waals surface area contributed by atoms with Gasteiger partial charge in [-0.1, -0.05) is 19.0 Å². The highest BCUT2D eigenvalue weighted by Crippen LogP contribution is 2.26. The number of hydrogen-bond donors (Lipinski definition) is 0. The fraction of sp³-hybridized carbons (Fsp3) is 0.500. The van der Waals surface area contributed by atoms with Gasteiger partial charge in [0.25, 0.3) is 0 Å². The van der Waals surface area contributed by atoms with Crippen molar-refractivity contribution in [3.05, 3.63) is 41.5 Å². The fourth-order valence-electron chi connectivity index (χ4n) is 2.70. The van der Waals surface area contributed by atoms with Crippen LogP contribution in [-0.4, -0.2) is 35.2 Å². The van der Waals surface area contributed by atoms with Gasteiger partial charge in [-0.3, -0.25) is 4.98 Å². The summed E-state index contributed by atoms with van der Waals surface area (Å²) in [7, 11) is -3.27. The molecule has 1 aliphatic heterocycles. The van der Waals surface area contributed by atoms with Gasteiger partial charge in [0, 0.05) is 31.3 Å². The molecule has 130 valence electrons. The molecule has 3 heterocycles. The molecule has 1 aliphatic rings. The molecular formula is C16H21N3O4S. The lowest BCUT2D eigenvalue weighted by molar-refractivity contribution is 0.286. The zero-order chi connectivity index (χ0) is 17.2. The van der Waals surface area contributed by atoms with Crippen molar-refractivity contribution in [2.24, 2.45) is 5.92 Å². The summed E-state index contributed by atoms with van der Waals surface area (Å²) >= 11 is 0. The van der Waals surface area contributed by atoms with Crippen LogP contribution in [0, 0.1) is 5.92 Å². The Bertz CT molecular complexity index is 787. The highest BCUT2D eigenvalue weighted by molar-refractivity contribution is 7.89. The number of rotatable bonds is 6. The Balaban J connectivity index is 1.73. The number of nitrogens with zero attached hydrogens (tertiary/aromatic N) is 3. The molecule has 0 unspecified atom stereocenters. The number of sulfonamides is 1. The summed E-state index contributed by atoms with van der Waals surface area (Å²) in [5, 5.41) is 4.05. The van der Waals surface area contributed by atoms with Crippen LogP contribution < -0.4 is 4.74 Å². The molecule has 0 amide bonds. The second-order valence-electron chi connectivity index (χ2n) is 6.26. The molecule has 0 radical (unpaired) electrons. The fourth-order valence-corrected chi connectivity index (χ4v) is 4.45. The van der Waals surface area contributed by atoms with E-state index in [9.17, 15) is 8.42 Å². The predicted octanol–water partition coefficient (Wildman–Crippen LogP) is 1.99. The van der Waals surface area contributed by atoms with Crippen molar-refractivity contribution in [2.75, 3.05) is 12.3 Å². The monoisotopic (exact) mass is 351 g/mol. The predicted molar refractivity (Wildman–Crippen MR) is 87.8 cm³/mol. The van der Waals surface area contributed by atoms with Crippen LogP contribution >= 0.6 is 0 Å². The second kappa shape index (κ2) is 6.90. The van der Waals surface area contributed by atoms with Crippen LogP contribution in [0.2, 0.25) is 0 Å². The largest absolute Gasteiger partial charge is 0.486 e. The number of pyridine rings is 1. The van der Waals surface area contributed by atoms with Gasteiger partial charge in [-0.15, -0.1) is 0 Å². The van der Waals surface area contributed by atoms with Gasteiger partial charge >= 0.3 is 0 Å². The van der Waals surface area contributed by atoms with E-state index in [0.717, 1.165) is 11.3 Å². The molecule has 0 aromatic carbocycles. The minimum absolute atomic E-state index is 0.0901. The zero-order valence-corrected chi connectivity index (χ0v) is 14.6. The maximum absolute atomic E-state index is 12.5. The first-order valence-corrected chi connectivity index (χ1v) is 9.53. The van der Waals surface area contributed by atoms with Crippen molar-refractivity contribution in [3.8, 4) is 5.75 Å². The lowest BCUT2D eigenvalue weighted by Crippen LogP contribution is -2.38. The third-order valence-electron chi connectivity index (χ3n) is 3.82. The van der Waals surface area contributed by atoms with Gasteiger partial charge < -0.3 is 9.26 Å². The Hall–Kier alpha value is -1.93. The minimum atomic E-state index is -3.27. The quantitative estimate of drug-likeness (QED) is 0.791. The molecule has 0 saturated heterocycles. The second-order valence-corrected chi connectivity index (χ2v) is 8.28. The van der Waals surface area contributed by atoms with Crippen molar-refractivity contribution in [1.82, 2.24) is 14.4 Å². The zero-order valence-electron chi connectivity index (χ0n) is 13.8. The van der Waals surface area contributed by atoms with Gasteiger partial charge in [0.1, 0.15) is 23.8 Å². The first-order valence-electron chi connectivity index (χ1n) is 7.92. The molecule has 0 bridgehead atoms. The Morgan fingerprint density at radius 3 is 2.96 bits per heavy atom. The van der Waals surface area contributed by atoms with Crippen molar-refractivity contribution < 1.29 is 17.7 Å². The molecule has 8 heteroatoms. The summed E-state index contributed by atoms with van der Waals surface area (Å²) in [5.74, 6) is 1.62. The van der Waals surface area contributed by atoms with Crippen LogP contribution in [0.15, 0.2) is 29.0 Å². The van der Waals surface area contributed by atoms with Crippen molar-refractivity contribution >= 4 is 10.0 Å². The summed E-state index contributed by atoms with van der Waals surface area (Å²) < 4.78 is 37.4. The SMILES string of the molecule is CC(C)CS(=O)(=O)N1CCc2onc(COc3cccnc3)c2C1. The number of aromatic nitrogens is 2. The van der Waals surface area contributed by atoms with Crippen LogP contribution in [-0.2, 0) is 29.6 Å². The summed E-state index contributed by atoms with van der Waals surface area (Å²) in [6, 6.07) is 3.59. The van der Waals surface area contributed by atoms with E-state index in [0.29, 0.717) is 31.0 Å². The molecule has 3 rings (SSSR count). The number of fused-ring (bicyclic) bond motifs is 1. The van der Waals surface area contributed by atoms with E-state index in [2.05, 4.69) is 10.1 Å². The Labute approximate surface area is 141 Å². The molecule has 0 atom stereocenters. The summed E-state index contributed by atoms with van der Waals surface area (Å²) in [5.41, 5.74) is 1.45. The molecule has 0 saturated carbocycles. The third kappa shape index (κ3) is 3.76. The number of ether oxygens (including phenoxy) is 1. The molecule has 2 aromatic rings.